The summed E-state index contributed by atoms with van der Waals surface area (Å²) in [7, 11) is 1.53. The van der Waals surface area contributed by atoms with E-state index in [9.17, 15) is 4.79 Å². The summed E-state index contributed by atoms with van der Waals surface area (Å²) < 4.78 is 4.95. The molecular formula is C10H13NO2. The zero-order valence-corrected chi connectivity index (χ0v) is 8.05. The van der Waals surface area contributed by atoms with Crippen molar-refractivity contribution in [3.8, 4) is 5.75 Å². The van der Waals surface area contributed by atoms with Crippen molar-refractivity contribution in [2.75, 3.05) is 7.05 Å². The van der Waals surface area contributed by atoms with Crippen LogP contribution in [0.1, 0.15) is 11.1 Å². The van der Waals surface area contributed by atoms with Gasteiger partial charge in [0, 0.05) is 7.05 Å². The number of rotatable bonds is 1. The van der Waals surface area contributed by atoms with Gasteiger partial charge in [0.2, 0.25) is 0 Å². The van der Waals surface area contributed by atoms with Crippen molar-refractivity contribution in [2.45, 2.75) is 13.8 Å². The highest BCUT2D eigenvalue weighted by Gasteiger charge is 2.01. The van der Waals surface area contributed by atoms with Crippen LogP contribution in [0.2, 0.25) is 0 Å². The fraction of sp³-hybridized carbons (Fsp3) is 0.300. The van der Waals surface area contributed by atoms with E-state index in [1.54, 1.807) is 6.07 Å². The molecule has 0 unspecified atom stereocenters. The second-order valence-electron chi connectivity index (χ2n) is 2.89. The van der Waals surface area contributed by atoms with E-state index < -0.39 is 6.09 Å². The van der Waals surface area contributed by atoms with Crippen LogP contribution in [0.5, 0.6) is 5.75 Å². The molecule has 0 saturated heterocycles. The standard InChI is InChI=1S/C10H13NO2/c1-7-4-5-9(6-8(7)2)13-10(12)11-3/h4-6H,1-3H3,(H,11,12). The molecule has 70 valence electrons. The third-order valence-corrected chi connectivity index (χ3v) is 1.89. The van der Waals surface area contributed by atoms with E-state index in [1.807, 2.05) is 26.0 Å². The highest BCUT2D eigenvalue weighted by molar-refractivity contribution is 5.69. The lowest BCUT2D eigenvalue weighted by atomic mass is 10.1. The van der Waals surface area contributed by atoms with Crippen molar-refractivity contribution in [1.29, 1.82) is 0 Å². The van der Waals surface area contributed by atoms with Gasteiger partial charge in [-0.25, -0.2) is 4.79 Å². The second kappa shape index (κ2) is 3.94. The number of hydrogen-bond donors (Lipinski definition) is 1. The Kier molecular flexibility index (Phi) is 2.90. The lowest BCUT2D eigenvalue weighted by Gasteiger charge is -2.05. The number of hydrogen-bond acceptors (Lipinski definition) is 2. The Morgan fingerprint density at radius 1 is 1.31 bits per heavy atom. The molecule has 0 saturated carbocycles. The Hall–Kier alpha value is -1.51. The molecule has 13 heavy (non-hydrogen) atoms. The Balaban J connectivity index is 2.79. The summed E-state index contributed by atoms with van der Waals surface area (Å²) in [6, 6.07) is 5.54. The highest BCUT2D eigenvalue weighted by atomic mass is 16.5. The molecule has 0 radical (unpaired) electrons. The van der Waals surface area contributed by atoms with Gasteiger partial charge in [-0.2, -0.15) is 0 Å². The Labute approximate surface area is 77.7 Å². The number of carbonyl (C=O) groups is 1. The van der Waals surface area contributed by atoms with Crippen LogP contribution in [-0.2, 0) is 0 Å². The largest absolute Gasteiger partial charge is 0.412 e. The molecular weight excluding hydrogens is 166 g/mol. The summed E-state index contributed by atoms with van der Waals surface area (Å²) in [5.41, 5.74) is 2.30. The zero-order valence-electron chi connectivity index (χ0n) is 8.05. The summed E-state index contributed by atoms with van der Waals surface area (Å²) in [6.45, 7) is 3.99. The maximum absolute atomic E-state index is 10.8. The third kappa shape index (κ3) is 2.47. The molecule has 0 bridgehead atoms. The van der Waals surface area contributed by atoms with Gasteiger partial charge < -0.3 is 10.1 Å². The van der Waals surface area contributed by atoms with Gasteiger partial charge >= 0.3 is 6.09 Å². The van der Waals surface area contributed by atoms with E-state index in [1.165, 1.54) is 12.6 Å². The molecule has 1 aromatic rings. The molecule has 0 heterocycles. The van der Waals surface area contributed by atoms with Gasteiger partial charge in [-0.15, -0.1) is 0 Å². The first kappa shape index (κ1) is 9.58. The topological polar surface area (TPSA) is 38.3 Å². The molecule has 0 spiro atoms. The summed E-state index contributed by atoms with van der Waals surface area (Å²) >= 11 is 0. The summed E-state index contributed by atoms with van der Waals surface area (Å²) in [5, 5.41) is 2.39. The van der Waals surface area contributed by atoms with Crippen molar-refractivity contribution in [3.05, 3.63) is 29.3 Å². The lowest BCUT2D eigenvalue weighted by Crippen LogP contribution is -2.22. The lowest BCUT2D eigenvalue weighted by molar-refractivity contribution is 0.203. The van der Waals surface area contributed by atoms with Crippen molar-refractivity contribution < 1.29 is 9.53 Å². The molecule has 0 aliphatic heterocycles. The first-order chi connectivity index (χ1) is 6.13. The number of nitrogens with one attached hydrogen (secondary N) is 1. The quantitative estimate of drug-likeness (QED) is 0.716. The normalized spacial score (nSPS) is 9.46. The van der Waals surface area contributed by atoms with Crippen LogP contribution in [-0.4, -0.2) is 13.1 Å². The summed E-state index contributed by atoms with van der Waals surface area (Å²) in [6.07, 6.45) is -0.441. The predicted octanol–water partition coefficient (Wildman–Crippen LogP) is 2.02. The van der Waals surface area contributed by atoms with E-state index >= 15 is 0 Å². The van der Waals surface area contributed by atoms with E-state index in [4.69, 9.17) is 4.74 Å². The van der Waals surface area contributed by atoms with Crippen LogP contribution in [0.25, 0.3) is 0 Å². The minimum atomic E-state index is -0.441. The van der Waals surface area contributed by atoms with Crippen LogP contribution >= 0.6 is 0 Å². The average Bonchev–Trinajstić information content (AvgIpc) is 2.11. The predicted molar refractivity (Wildman–Crippen MR) is 51.0 cm³/mol. The van der Waals surface area contributed by atoms with Crippen LogP contribution in [0, 0.1) is 13.8 Å². The summed E-state index contributed by atoms with van der Waals surface area (Å²) in [4.78, 5) is 10.8. The molecule has 1 rings (SSSR count). The van der Waals surface area contributed by atoms with E-state index in [0.717, 1.165) is 5.56 Å². The van der Waals surface area contributed by atoms with Crippen molar-refractivity contribution in [2.24, 2.45) is 0 Å². The molecule has 1 N–H and O–H groups in total. The summed E-state index contributed by atoms with van der Waals surface area (Å²) in [5.74, 6) is 0.572. The van der Waals surface area contributed by atoms with Crippen LogP contribution in [0.4, 0.5) is 4.79 Å². The Bertz CT molecular complexity index is 321. The maximum atomic E-state index is 10.8. The van der Waals surface area contributed by atoms with Gasteiger partial charge in [0.25, 0.3) is 0 Å². The van der Waals surface area contributed by atoms with Gasteiger partial charge in [-0.1, -0.05) is 6.07 Å². The number of aryl methyl sites for hydroxylation is 2. The third-order valence-electron chi connectivity index (χ3n) is 1.89. The Morgan fingerprint density at radius 3 is 2.54 bits per heavy atom. The second-order valence-corrected chi connectivity index (χ2v) is 2.89. The highest BCUT2D eigenvalue weighted by Crippen LogP contribution is 2.16. The van der Waals surface area contributed by atoms with E-state index in [-0.39, 0.29) is 0 Å². The molecule has 0 aliphatic rings. The first-order valence-electron chi connectivity index (χ1n) is 4.10. The molecule has 0 fully saturated rings. The number of carbonyl (C=O) groups excluding carboxylic acids is 1. The Morgan fingerprint density at radius 2 is 2.00 bits per heavy atom. The van der Waals surface area contributed by atoms with Gasteiger partial charge in [0.15, 0.2) is 0 Å². The van der Waals surface area contributed by atoms with Gasteiger partial charge in [-0.05, 0) is 37.1 Å². The van der Waals surface area contributed by atoms with E-state index in [2.05, 4.69) is 5.32 Å². The van der Waals surface area contributed by atoms with Crippen molar-refractivity contribution >= 4 is 6.09 Å². The minimum absolute atomic E-state index is 0.441. The molecule has 0 aliphatic carbocycles. The fourth-order valence-electron chi connectivity index (χ4n) is 0.935. The molecule has 0 aromatic heterocycles. The SMILES string of the molecule is CNC(=O)Oc1ccc(C)c(C)c1. The minimum Gasteiger partial charge on any atom is -0.410 e. The average molecular weight is 179 g/mol. The fourth-order valence-corrected chi connectivity index (χ4v) is 0.935. The first-order valence-corrected chi connectivity index (χ1v) is 4.10. The maximum Gasteiger partial charge on any atom is 0.412 e. The molecule has 0 atom stereocenters. The zero-order chi connectivity index (χ0) is 9.84. The smallest absolute Gasteiger partial charge is 0.410 e. The van der Waals surface area contributed by atoms with Crippen LogP contribution in [0.15, 0.2) is 18.2 Å². The monoisotopic (exact) mass is 179 g/mol. The van der Waals surface area contributed by atoms with Crippen molar-refractivity contribution in [1.82, 2.24) is 5.32 Å². The van der Waals surface area contributed by atoms with Gasteiger partial charge in [0.05, 0.1) is 0 Å². The van der Waals surface area contributed by atoms with Gasteiger partial charge in [0.1, 0.15) is 5.75 Å². The van der Waals surface area contributed by atoms with Crippen LogP contribution in [0.3, 0.4) is 0 Å². The van der Waals surface area contributed by atoms with Crippen molar-refractivity contribution in [3.63, 3.8) is 0 Å². The van der Waals surface area contributed by atoms with E-state index in [0.29, 0.717) is 5.75 Å². The number of benzene rings is 1. The molecule has 3 nitrogen and oxygen atoms in total. The molecule has 1 aromatic carbocycles. The van der Waals surface area contributed by atoms with Gasteiger partial charge in [-0.3, -0.25) is 0 Å². The molecule has 3 heteroatoms. The molecule has 1 amide bonds. The number of amides is 1. The number of ether oxygens (including phenoxy) is 1. The van der Waals surface area contributed by atoms with Crippen LogP contribution < -0.4 is 10.1 Å².